The Morgan fingerprint density at radius 2 is 1.86 bits per heavy atom. The summed E-state index contributed by atoms with van der Waals surface area (Å²) in [5.74, 6) is -0.0128. The van der Waals surface area contributed by atoms with Gasteiger partial charge in [0, 0.05) is 14.0 Å². The van der Waals surface area contributed by atoms with Crippen LogP contribution in [-0.2, 0) is 14.3 Å². The third-order valence-corrected chi connectivity index (χ3v) is 6.25. The average molecular weight is 426 g/mol. The summed E-state index contributed by atoms with van der Waals surface area (Å²) in [5, 5.41) is 18.6. The van der Waals surface area contributed by atoms with Gasteiger partial charge in [-0.1, -0.05) is 6.07 Å². The van der Waals surface area contributed by atoms with Crippen LogP contribution in [0, 0.1) is 11.8 Å². The average Bonchev–Trinajstić information content (AvgIpc) is 3.31. The van der Waals surface area contributed by atoms with Gasteiger partial charge < -0.3 is 25.8 Å². The van der Waals surface area contributed by atoms with Gasteiger partial charge in [0.1, 0.15) is 5.54 Å². The molecule has 0 radical (unpaired) electrons. The molecule has 9 heteroatoms. The molecule has 1 aromatic heterocycles. The molecule has 3 rings (SSSR count). The minimum Gasteiger partial charge on any atom is -0.481 e. The number of carboxylic acids is 1. The molecule has 0 spiro atoms. The maximum Gasteiger partial charge on any atom is 0.300 e. The van der Waals surface area contributed by atoms with E-state index in [9.17, 15) is 9.59 Å². The molecule has 4 N–H and O–H groups in total. The van der Waals surface area contributed by atoms with Gasteiger partial charge >= 0.3 is 0 Å². The molecule has 2 fully saturated rings. The molecule has 4 atom stereocenters. The molecule has 1 aromatic rings. The second kappa shape index (κ2) is 10.2. The number of ether oxygens (including phenoxy) is 1. The summed E-state index contributed by atoms with van der Waals surface area (Å²) >= 11 is 1.36. The van der Waals surface area contributed by atoms with Crippen LogP contribution in [-0.4, -0.2) is 60.8 Å². The monoisotopic (exact) mass is 425 g/mol. The Morgan fingerprint density at radius 3 is 2.41 bits per heavy atom. The minimum atomic E-state index is -0.982. The van der Waals surface area contributed by atoms with Gasteiger partial charge in [0.25, 0.3) is 11.9 Å². The lowest BCUT2D eigenvalue weighted by atomic mass is 9.77. The Bertz CT molecular complexity index is 703. The molecule has 0 unspecified atom stereocenters. The molecule has 1 aliphatic heterocycles. The van der Waals surface area contributed by atoms with Crippen LogP contribution in [0.5, 0.6) is 0 Å². The van der Waals surface area contributed by atoms with Gasteiger partial charge in [-0.3, -0.25) is 14.4 Å². The first-order chi connectivity index (χ1) is 13.6. The molecule has 162 valence electrons. The zero-order chi connectivity index (χ0) is 21.6. The number of nitrogens with one attached hydrogen (secondary N) is 3. The highest BCUT2D eigenvalue weighted by molar-refractivity contribution is 7.12. The van der Waals surface area contributed by atoms with E-state index in [1.165, 1.54) is 11.3 Å². The Labute approximate surface area is 175 Å². The van der Waals surface area contributed by atoms with Crippen molar-refractivity contribution in [3.63, 3.8) is 0 Å². The molecule has 1 saturated carbocycles. The summed E-state index contributed by atoms with van der Waals surface area (Å²) in [7, 11) is 1.70. The SMILES string of the molecule is CC(=O)O.CO[C@H]1C[C@@H]2CNC[C@@H]2C[C@@H]1NC(=O)C(C)(C)NC(=O)c1cccs1. The van der Waals surface area contributed by atoms with Crippen molar-refractivity contribution < 1.29 is 24.2 Å². The van der Waals surface area contributed by atoms with Crippen molar-refractivity contribution in [1.29, 1.82) is 0 Å². The summed E-state index contributed by atoms with van der Waals surface area (Å²) in [6.45, 7) is 6.59. The van der Waals surface area contributed by atoms with Crippen LogP contribution in [0.25, 0.3) is 0 Å². The van der Waals surface area contributed by atoms with Crippen molar-refractivity contribution in [2.45, 2.75) is 51.3 Å². The molecular formula is C20H31N3O5S. The van der Waals surface area contributed by atoms with Gasteiger partial charge in [0.15, 0.2) is 0 Å². The smallest absolute Gasteiger partial charge is 0.300 e. The van der Waals surface area contributed by atoms with Crippen molar-refractivity contribution in [3.8, 4) is 0 Å². The van der Waals surface area contributed by atoms with Crippen molar-refractivity contribution in [2.75, 3.05) is 20.2 Å². The summed E-state index contributed by atoms with van der Waals surface area (Å²) in [6, 6.07) is 3.56. The number of carbonyl (C=O) groups excluding carboxylic acids is 2. The van der Waals surface area contributed by atoms with Gasteiger partial charge in [0.2, 0.25) is 5.91 Å². The second-order valence-corrected chi connectivity index (χ2v) is 9.03. The van der Waals surface area contributed by atoms with Crippen molar-refractivity contribution in [3.05, 3.63) is 22.4 Å². The largest absolute Gasteiger partial charge is 0.481 e. The minimum absolute atomic E-state index is 0.0171. The number of amides is 2. The molecule has 0 bridgehead atoms. The van der Waals surface area contributed by atoms with Gasteiger partial charge in [-0.2, -0.15) is 0 Å². The second-order valence-electron chi connectivity index (χ2n) is 8.08. The summed E-state index contributed by atoms with van der Waals surface area (Å²) in [5.41, 5.74) is -0.982. The zero-order valence-electron chi connectivity index (χ0n) is 17.4. The van der Waals surface area contributed by atoms with E-state index in [4.69, 9.17) is 14.6 Å². The van der Waals surface area contributed by atoms with Crippen LogP contribution in [0.15, 0.2) is 17.5 Å². The summed E-state index contributed by atoms with van der Waals surface area (Å²) < 4.78 is 5.64. The molecule has 1 aliphatic carbocycles. The number of methoxy groups -OCH3 is 1. The molecule has 1 saturated heterocycles. The van der Waals surface area contributed by atoms with E-state index in [0.29, 0.717) is 16.7 Å². The van der Waals surface area contributed by atoms with E-state index >= 15 is 0 Å². The van der Waals surface area contributed by atoms with Crippen LogP contribution in [0.1, 0.15) is 43.3 Å². The lowest BCUT2D eigenvalue weighted by molar-refractivity contribution is -0.134. The third-order valence-electron chi connectivity index (χ3n) is 5.38. The van der Waals surface area contributed by atoms with Crippen molar-refractivity contribution in [1.82, 2.24) is 16.0 Å². The maximum atomic E-state index is 12.8. The standard InChI is InChI=1S/C18H27N3O3S.C2H4O2/c1-18(2,21-16(22)15-5-4-6-25-15)17(23)20-13-7-11-9-19-10-12(11)8-14(13)24-3;1-2(3)4/h4-6,11-14,19H,7-10H2,1-3H3,(H,20,23)(H,21,22);1H3,(H,3,4)/t11-,12+,13-,14-;/m0./s1. The van der Waals surface area contributed by atoms with Crippen LogP contribution in [0.3, 0.4) is 0 Å². The Hall–Kier alpha value is -1.97. The number of aliphatic carboxylic acids is 1. The Kier molecular flexibility index (Phi) is 8.18. The number of carboxylic acid groups (broad SMARTS) is 1. The molecular weight excluding hydrogens is 394 g/mol. The fourth-order valence-electron chi connectivity index (χ4n) is 3.85. The van der Waals surface area contributed by atoms with Crippen molar-refractivity contribution >= 4 is 29.1 Å². The highest BCUT2D eigenvalue weighted by Crippen LogP contribution is 2.34. The van der Waals surface area contributed by atoms with Gasteiger partial charge in [-0.25, -0.2) is 0 Å². The zero-order valence-corrected chi connectivity index (χ0v) is 18.2. The fraction of sp³-hybridized carbons (Fsp3) is 0.650. The van der Waals surface area contributed by atoms with Crippen LogP contribution in [0.2, 0.25) is 0 Å². The predicted molar refractivity (Wildman–Crippen MR) is 111 cm³/mol. The summed E-state index contributed by atoms with van der Waals surface area (Å²) in [6.07, 6.45) is 1.90. The van der Waals surface area contributed by atoms with Crippen LogP contribution < -0.4 is 16.0 Å². The Balaban J connectivity index is 0.000000687. The van der Waals surface area contributed by atoms with E-state index < -0.39 is 11.5 Å². The normalized spacial score (nSPS) is 25.9. The number of hydrogen-bond donors (Lipinski definition) is 4. The number of rotatable bonds is 5. The van der Waals surface area contributed by atoms with Crippen LogP contribution >= 0.6 is 11.3 Å². The lowest BCUT2D eigenvalue weighted by Crippen LogP contribution is -2.59. The van der Waals surface area contributed by atoms with E-state index in [0.717, 1.165) is 32.9 Å². The first kappa shape index (κ1) is 23.3. The van der Waals surface area contributed by atoms with Gasteiger partial charge in [-0.15, -0.1) is 11.3 Å². The molecule has 29 heavy (non-hydrogen) atoms. The molecule has 2 heterocycles. The third kappa shape index (κ3) is 6.52. The first-order valence-electron chi connectivity index (χ1n) is 9.74. The molecule has 0 aromatic carbocycles. The number of fused-ring (bicyclic) bond motifs is 1. The lowest BCUT2D eigenvalue weighted by Gasteiger charge is -2.39. The Morgan fingerprint density at radius 1 is 1.24 bits per heavy atom. The van der Waals surface area contributed by atoms with Gasteiger partial charge in [-0.05, 0) is 63.1 Å². The molecule has 2 amide bonds. The highest BCUT2D eigenvalue weighted by Gasteiger charge is 2.42. The number of hydrogen-bond acceptors (Lipinski definition) is 6. The van der Waals surface area contributed by atoms with Crippen LogP contribution in [0.4, 0.5) is 0 Å². The summed E-state index contributed by atoms with van der Waals surface area (Å²) in [4.78, 5) is 34.7. The predicted octanol–water partition coefficient (Wildman–Crippen LogP) is 1.48. The van der Waals surface area contributed by atoms with E-state index in [1.807, 2.05) is 11.4 Å². The topological polar surface area (TPSA) is 117 Å². The van der Waals surface area contributed by atoms with E-state index in [-0.39, 0.29) is 24.0 Å². The number of thiophene rings is 1. The van der Waals surface area contributed by atoms with E-state index in [1.54, 1.807) is 27.0 Å². The van der Waals surface area contributed by atoms with Gasteiger partial charge in [0.05, 0.1) is 17.0 Å². The fourth-order valence-corrected chi connectivity index (χ4v) is 4.47. The molecule has 2 aliphatic rings. The number of carbonyl (C=O) groups is 3. The first-order valence-corrected chi connectivity index (χ1v) is 10.6. The van der Waals surface area contributed by atoms with E-state index in [2.05, 4.69) is 16.0 Å². The maximum absolute atomic E-state index is 12.8. The van der Waals surface area contributed by atoms with Crippen molar-refractivity contribution in [2.24, 2.45) is 11.8 Å². The quantitative estimate of drug-likeness (QED) is 0.568. The highest BCUT2D eigenvalue weighted by atomic mass is 32.1. The molecule has 8 nitrogen and oxygen atoms in total.